The average Bonchev–Trinajstić information content (AvgIpc) is 2.38. The van der Waals surface area contributed by atoms with E-state index in [2.05, 4.69) is 21.2 Å². The van der Waals surface area contributed by atoms with Crippen molar-refractivity contribution in [2.45, 2.75) is 13.3 Å². The van der Waals surface area contributed by atoms with Crippen LogP contribution in [0.15, 0.2) is 30.5 Å². The molecule has 0 radical (unpaired) electrons. The SMILES string of the molecule is C#Cc1cc(C)cc(Nc2cc(C(F)F)ccn2)n1. The van der Waals surface area contributed by atoms with Gasteiger partial charge in [-0.3, -0.25) is 0 Å². The zero-order valence-corrected chi connectivity index (χ0v) is 10.2. The minimum Gasteiger partial charge on any atom is -0.325 e. The molecule has 0 spiro atoms. The Morgan fingerprint density at radius 2 is 2.05 bits per heavy atom. The third kappa shape index (κ3) is 3.26. The number of hydrogen-bond donors (Lipinski definition) is 1. The summed E-state index contributed by atoms with van der Waals surface area (Å²) in [6.45, 7) is 1.87. The molecule has 0 aromatic carbocycles. The summed E-state index contributed by atoms with van der Waals surface area (Å²) in [5.41, 5.74) is 1.31. The summed E-state index contributed by atoms with van der Waals surface area (Å²) in [7, 11) is 0. The van der Waals surface area contributed by atoms with E-state index in [9.17, 15) is 8.78 Å². The number of pyridine rings is 2. The summed E-state index contributed by atoms with van der Waals surface area (Å²) in [6.07, 6.45) is 4.08. The topological polar surface area (TPSA) is 37.8 Å². The van der Waals surface area contributed by atoms with E-state index in [0.717, 1.165) is 5.56 Å². The van der Waals surface area contributed by atoms with Crippen molar-refractivity contribution in [3.8, 4) is 12.3 Å². The van der Waals surface area contributed by atoms with Gasteiger partial charge >= 0.3 is 0 Å². The Morgan fingerprint density at radius 3 is 2.74 bits per heavy atom. The molecule has 0 aliphatic carbocycles. The van der Waals surface area contributed by atoms with Crippen molar-refractivity contribution in [3.05, 3.63) is 47.3 Å². The van der Waals surface area contributed by atoms with E-state index in [1.165, 1.54) is 18.3 Å². The molecule has 2 aromatic heterocycles. The van der Waals surface area contributed by atoms with Gasteiger partial charge in [0.15, 0.2) is 0 Å². The van der Waals surface area contributed by atoms with Gasteiger partial charge in [-0.05, 0) is 36.8 Å². The Labute approximate surface area is 109 Å². The Balaban J connectivity index is 2.28. The van der Waals surface area contributed by atoms with Crippen LogP contribution in [0.3, 0.4) is 0 Å². The van der Waals surface area contributed by atoms with E-state index in [-0.39, 0.29) is 5.56 Å². The molecule has 5 heteroatoms. The van der Waals surface area contributed by atoms with Crippen molar-refractivity contribution in [2.24, 2.45) is 0 Å². The molecule has 0 bridgehead atoms. The van der Waals surface area contributed by atoms with Crippen LogP contribution < -0.4 is 5.32 Å². The van der Waals surface area contributed by atoms with Crippen molar-refractivity contribution in [3.63, 3.8) is 0 Å². The van der Waals surface area contributed by atoms with Crippen molar-refractivity contribution in [1.82, 2.24) is 9.97 Å². The van der Waals surface area contributed by atoms with Crippen molar-refractivity contribution in [2.75, 3.05) is 5.32 Å². The van der Waals surface area contributed by atoms with Gasteiger partial charge in [0.2, 0.25) is 0 Å². The molecule has 0 aliphatic heterocycles. The molecule has 0 unspecified atom stereocenters. The van der Waals surface area contributed by atoms with E-state index in [0.29, 0.717) is 17.3 Å². The quantitative estimate of drug-likeness (QED) is 0.858. The van der Waals surface area contributed by atoms with E-state index >= 15 is 0 Å². The maximum Gasteiger partial charge on any atom is 0.264 e. The highest BCUT2D eigenvalue weighted by atomic mass is 19.3. The Morgan fingerprint density at radius 1 is 1.26 bits per heavy atom. The number of halogens is 2. The van der Waals surface area contributed by atoms with Gasteiger partial charge in [0.25, 0.3) is 6.43 Å². The smallest absolute Gasteiger partial charge is 0.264 e. The Kier molecular flexibility index (Phi) is 3.71. The van der Waals surface area contributed by atoms with Crippen LogP contribution in [-0.4, -0.2) is 9.97 Å². The molecule has 2 rings (SSSR count). The summed E-state index contributed by atoms with van der Waals surface area (Å²) >= 11 is 0. The van der Waals surface area contributed by atoms with Crippen LogP contribution in [-0.2, 0) is 0 Å². The van der Waals surface area contributed by atoms with Crippen molar-refractivity contribution < 1.29 is 8.78 Å². The number of rotatable bonds is 3. The largest absolute Gasteiger partial charge is 0.325 e. The second kappa shape index (κ2) is 5.44. The third-order valence-electron chi connectivity index (χ3n) is 2.41. The van der Waals surface area contributed by atoms with Crippen LogP contribution in [0.2, 0.25) is 0 Å². The molecule has 0 fully saturated rings. The second-order valence-corrected chi connectivity index (χ2v) is 3.96. The van der Waals surface area contributed by atoms with Crippen LogP contribution in [0.25, 0.3) is 0 Å². The Bertz CT molecular complexity index is 633. The molecule has 0 saturated carbocycles. The summed E-state index contributed by atoms with van der Waals surface area (Å²) < 4.78 is 25.1. The molecular formula is C14H11F2N3. The molecule has 96 valence electrons. The predicted molar refractivity (Wildman–Crippen MR) is 69.4 cm³/mol. The molecule has 0 atom stereocenters. The summed E-state index contributed by atoms with van der Waals surface area (Å²) in [5.74, 6) is 3.22. The zero-order chi connectivity index (χ0) is 13.8. The predicted octanol–water partition coefficient (Wildman–Crippen LogP) is 3.45. The number of terminal acetylenes is 1. The minimum absolute atomic E-state index is 0.0951. The fraction of sp³-hybridized carbons (Fsp3) is 0.143. The Hall–Kier alpha value is -2.48. The van der Waals surface area contributed by atoms with Gasteiger partial charge in [0.1, 0.15) is 17.3 Å². The van der Waals surface area contributed by atoms with E-state index in [1.807, 2.05) is 6.92 Å². The lowest BCUT2D eigenvalue weighted by molar-refractivity contribution is 0.151. The first-order chi connectivity index (χ1) is 9.08. The zero-order valence-electron chi connectivity index (χ0n) is 10.2. The van der Waals surface area contributed by atoms with Crippen molar-refractivity contribution >= 4 is 11.6 Å². The van der Waals surface area contributed by atoms with Crippen LogP contribution in [0, 0.1) is 19.3 Å². The number of anilines is 2. The number of nitrogens with zero attached hydrogens (tertiary/aromatic N) is 2. The first-order valence-corrected chi connectivity index (χ1v) is 5.55. The second-order valence-electron chi connectivity index (χ2n) is 3.96. The van der Waals surface area contributed by atoms with Crippen LogP contribution >= 0.6 is 0 Å². The molecule has 2 heterocycles. The highest BCUT2D eigenvalue weighted by molar-refractivity contribution is 5.54. The summed E-state index contributed by atoms with van der Waals surface area (Å²) in [6, 6.07) is 6.07. The average molecular weight is 259 g/mol. The fourth-order valence-electron chi connectivity index (χ4n) is 1.59. The van der Waals surface area contributed by atoms with Crippen LogP contribution in [0.5, 0.6) is 0 Å². The lowest BCUT2D eigenvalue weighted by Gasteiger charge is -2.07. The van der Waals surface area contributed by atoms with Gasteiger partial charge in [0, 0.05) is 11.8 Å². The summed E-state index contributed by atoms with van der Waals surface area (Å²) in [5, 5.41) is 2.86. The van der Waals surface area contributed by atoms with Gasteiger partial charge in [-0.15, -0.1) is 6.42 Å². The normalized spacial score (nSPS) is 10.3. The fourth-order valence-corrected chi connectivity index (χ4v) is 1.59. The summed E-state index contributed by atoms with van der Waals surface area (Å²) in [4.78, 5) is 8.11. The van der Waals surface area contributed by atoms with Gasteiger partial charge in [0.05, 0.1) is 0 Å². The maximum atomic E-state index is 12.6. The standard InChI is InChI=1S/C14H11F2N3/c1-3-11-6-9(2)7-13(18-11)19-12-8-10(14(15)16)4-5-17-12/h1,4-8,14H,2H3,(H,17,18,19). The van der Waals surface area contributed by atoms with E-state index in [4.69, 9.17) is 6.42 Å². The van der Waals surface area contributed by atoms with Crippen molar-refractivity contribution in [1.29, 1.82) is 0 Å². The molecule has 0 saturated heterocycles. The van der Waals surface area contributed by atoms with Gasteiger partial charge < -0.3 is 5.32 Å². The number of alkyl halides is 2. The maximum absolute atomic E-state index is 12.6. The lowest BCUT2D eigenvalue weighted by Crippen LogP contribution is -1.99. The van der Waals surface area contributed by atoms with E-state index < -0.39 is 6.43 Å². The van der Waals surface area contributed by atoms with Gasteiger partial charge in [-0.25, -0.2) is 18.7 Å². The lowest BCUT2D eigenvalue weighted by atomic mass is 10.2. The highest BCUT2D eigenvalue weighted by Crippen LogP contribution is 2.22. The monoisotopic (exact) mass is 259 g/mol. The molecule has 3 nitrogen and oxygen atoms in total. The number of hydrogen-bond acceptors (Lipinski definition) is 3. The molecule has 19 heavy (non-hydrogen) atoms. The highest BCUT2D eigenvalue weighted by Gasteiger charge is 2.08. The molecule has 1 N–H and O–H groups in total. The number of nitrogens with one attached hydrogen (secondary N) is 1. The van der Waals surface area contributed by atoms with E-state index in [1.54, 1.807) is 12.1 Å². The first kappa shape index (κ1) is 13.0. The van der Waals surface area contributed by atoms with Gasteiger partial charge in [-0.2, -0.15) is 0 Å². The molecule has 2 aromatic rings. The third-order valence-corrected chi connectivity index (χ3v) is 2.41. The van der Waals surface area contributed by atoms with Crippen LogP contribution in [0.1, 0.15) is 23.2 Å². The number of aromatic nitrogens is 2. The molecular weight excluding hydrogens is 248 g/mol. The first-order valence-electron chi connectivity index (χ1n) is 5.55. The number of aryl methyl sites for hydroxylation is 1. The molecule has 0 aliphatic rings. The molecule has 0 amide bonds. The van der Waals surface area contributed by atoms with Crippen LogP contribution in [0.4, 0.5) is 20.4 Å². The van der Waals surface area contributed by atoms with Gasteiger partial charge in [-0.1, -0.05) is 5.92 Å². The minimum atomic E-state index is -2.53.